The summed E-state index contributed by atoms with van der Waals surface area (Å²) in [4.78, 5) is 0. The zero-order valence-electron chi connectivity index (χ0n) is 12.7. The van der Waals surface area contributed by atoms with Crippen LogP contribution in [0.15, 0.2) is 0 Å². The van der Waals surface area contributed by atoms with Crippen LogP contribution in [0.4, 0.5) is 0 Å². The molecule has 0 radical (unpaired) electrons. The number of unbranched alkanes of at least 4 members (excludes halogenated alkanes) is 7. The Labute approximate surface area is 115 Å². The predicted molar refractivity (Wildman–Crippen MR) is 82.1 cm³/mol. The molecule has 0 aromatic heterocycles. The van der Waals surface area contributed by atoms with Crippen molar-refractivity contribution < 1.29 is 0 Å². The molecule has 1 saturated carbocycles. The van der Waals surface area contributed by atoms with Crippen molar-refractivity contribution in [3.05, 3.63) is 0 Å². The number of rotatable bonds is 10. The highest BCUT2D eigenvalue weighted by atomic mass is 14.9. The second kappa shape index (κ2) is 12.0. The third-order valence-corrected chi connectivity index (χ3v) is 4.32. The van der Waals surface area contributed by atoms with Gasteiger partial charge in [0.25, 0.3) is 0 Å². The molecule has 1 nitrogen and oxygen atoms in total. The Kier molecular flexibility index (Phi) is 10.7. The van der Waals surface area contributed by atoms with Gasteiger partial charge < -0.3 is 5.32 Å². The minimum atomic E-state index is 0.844. The molecule has 1 rings (SSSR count). The molecule has 0 bridgehead atoms. The molecule has 0 heterocycles. The lowest BCUT2D eigenvalue weighted by Crippen LogP contribution is -2.29. The summed E-state index contributed by atoms with van der Waals surface area (Å²) in [6.45, 7) is 3.55. The monoisotopic (exact) mass is 253 g/mol. The first-order chi connectivity index (χ1) is 8.93. The molecule has 0 amide bonds. The van der Waals surface area contributed by atoms with Gasteiger partial charge in [-0.15, -0.1) is 0 Å². The Hall–Kier alpha value is -0.0400. The van der Waals surface area contributed by atoms with Crippen LogP contribution in [-0.4, -0.2) is 12.6 Å². The predicted octanol–water partition coefficient (Wildman–Crippen LogP) is 5.44. The van der Waals surface area contributed by atoms with E-state index in [1.807, 2.05) is 0 Å². The standard InChI is InChI=1S/C17H35N/c1-2-3-4-5-6-7-10-13-16-18-17-14-11-8-9-12-15-17/h17-18H,2-16H2,1H3. The van der Waals surface area contributed by atoms with E-state index in [2.05, 4.69) is 12.2 Å². The highest BCUT2D eigenvalue weighted by Crippen LogP contribution is 2.17. The van der Waals surface area contributed by atoms with Gasteiger partial charge in [0.15, 0.2) is 0 Å². The van der Waals surface area contributed by atoms with E-state index in [-0.39, 0.29) is 0 Å². The van der Waals surface area contributed by atoms with Crippen molar-refractivity contribution in [1.29, 1.82) is 0 Å². The third kappa shape index (κ3) is 8.97. The molecule has 1 aliphatic rings. The van der Waals surface area contributed by atoms with Crippen molar-refractivity contribution in [2.24, 2.45) is 0 Å². The molecule has 18 heavy (non-hydrogen) atoms. The SMILES string of the molecule is CCCCCCCCCCNC1CCCCCC1. The maximum Gasteiger partial charge on any atom is 0.00670 e. The Morgan fingerprint density at radius 3 is 1.89 bits per heavy atom. The van der Waals surface area contributed by atoms with Crippen molar-refractivity contribution in [1.82, 2.24) is 5.32 Å². The summed E-state index contributed by atoms with van der Waals surface area (Å²) < 4.78 is 0. The molecule has 1 heteroatoms. The van der Waals surface area contributed by atoms with E-state index >= 15 is 0 Å². The largest absolute Gasteiger partial charge is 0.314 e. The summed E-state index contributed by atoms with van der Waals surface area (Å²) in [5.41, 5.74) is 0. The van der Waals surface area contributed by atoms with Gasteiger partial charge in [-0.05, 0) is 25.8 Å². The van der Waals surface area contributed by atoms with Gasteiger partial charge in [0.05, 0.1) is 0 Å². The first-order valence-corrected chi connectivity index (χ1v) is 8.67. The van der Waals surface area contributed by atoms with Crippen molar-refractivity contribution >= 4 is 0 Å². The summed E-state index contributed by atoms with van der Waals surface area (Å²) in [7, 11) is 0. The lowest BCUT2D eigenvalue weighted by atomic mass is 10.1. The van der Waals surface area contributed by atoms with Crippen LogP contribution in [0, 0.1) is 0 Å². The fourth-order valence-electron chi connectivity index (χ4n) is 3.05. The number of nitrogens with one attached hydrogen (secondary N) is 1. The zero-order valence-corrected chi connectivity index (χ0v) is 12.7. The quantitative estimate of drug-likeness (QED) is 0.404. The molecule has 0 aromatic rings. The Bertz CT molecular complexity index is 159. The Morgan fingerprint density at radius 2 is 1.28 bits per heavy atom. The highest BCUT2D eigenvalue weighted by molar-refractivity contribution is 4.70. The van der Waals surface area contributed by atoms with E-state index in [9.17, 15) is 0 Å². The van der Waals surface area contributed by atoms with E-state index in [1.54, 1.807) is 0 Å². The molecule has 0 aliphatic heterocycles. The van der Waals surface area contributed by atoms with Crippen molar-refractivity contribution in [3.63, 3.8) is 0 Å². The molecule has 1 N–H and O–H groups in total. The molecule has 1 fully saturated rings. The van der Waals surface area contributed by atoms with Gasteiger partial charge in [-0.25, -0.2) is 0 Å². The van der Waals surface area contributed by atoms with Crippen LogP contribution >= 0.6 is 0 Å². The molecule has 108 valence electrons. The molecule has 1 aliphatic carbocycles. The van der Waals surface area contributed by atoms with E-state index in [0.717, 1.165) is 6.04 Å². The smallest absolute Gasteiger partial charge is 0.00670 e. The van der Waals surface area contributed by atoms with Crippen LogP contribution in [0.25, 0.3) is 0 Å². The fourth-order valence-corrected chi connectivity index (χ4v) is 3.05. The zero-order chi connectivity index (χ0) is 12.9. The van der Waals surface area contributed by atoms with Gasteiger partial charge >= 0.3 is 0 Å². The summed E-state index contributed by atoms with van der Waals surface area (Å²) >= 11 is 0. The van der Waals surface area contributed by atoms with Gasteiger partial charge in [-0.1, -0.05) is 77.6 Å². The van der Waals surface area contributed by atoms with Crippen molar-refractivity contribution in [2.45, 2.75) is 103 Å². The summed E-state index contributed by atoms with van der Waals surface area (Å²) in [5.74, 6) is 0. The summed E-state index contributed by atoms with van der Waals surface area (Å²) in [6, 6.07) is 0.844. The molecule has 0 atom stereocenters. The van der Waals surface area contributed by atoms with Gasteiger partial charge in [0, 0.05) is 6.04 Å². The maximum absolute atomic E-state index is 3.77. The fraction of sp³-hybridized carbons (Fsp3) is 1.00. The lowest BCUT2D eigenvalue weighted by molar-refractivity contribution is 0.447. The van der Waals surface area contributed by atoms with Crippen LogP contribution in [-0.2, 0) is 0 Å². The van der Waals surface area contributed by atoms with E-state index in [0.29, 0.717) is 0 Å². The Morgan fingerprint density at radius 1 is 0.722 bits per heavy atom. The maximum atomic E-state index is 3.77. The van der Waals surface area contributed by atoms with Crippen molar-refractivity contribution in [3.8, 4) is 0 Å². The average Bonchev–Trinajstić information content (AvgIpc) is 2.65. The van der Waals surface area contributed by atoms with Gasteiger partial charge in [-0.2, -0.15) is 0 Å². The Balaban J connectivity index is 1.80. The van der Waals surface area contributed by atoms with Crippen LogP contribution in [0.3, 0.4) is 0 Å². The second-order valence-corrected chi connectivity index (χ2v) is 6.12. The van der Waals surface area contributed by atoms with Gasteiger partial charge in [0.2, 0.25) is 0 Å². The minimum Gasteiger partial charge on any atom is -0.314 e. The molecular weight excluding hydrogens is 218 g/mol. The highest BCUT2D eigenvalue weighted by Gasteiger charge is 2.10. The minimum absolute atomic E-state index is 0.844. The van der Waals surface area contributed by atoms with Crippen molar-refractivity contribution in [2.75, 3.05) is 6.54 Å². The second-order valence-electron chi connectivity index (χ2n) is 6.12. The van der Waals surface area contributed by atoms with E-state index in [1.165, 1.54) is 96.4 Å². The molecule has 0 unspecified atom stereocenters. The average molecular weight is 253 g/mol. The van der Waals surface area contributed by atoms with Crippen LogP contribution in [0.1, 0.15) is 96.8 Å². The van der Waals surface area contributed by atoms with E-state index < -0.39 is 0 Å². The third-order valence-electron chi connectivity index (χ3n) is 4.32. The summed E-state index contributed by atoms with van der Waals surface area (Å²) in [6.07, 6.45) is 20.2. The topological polar surface area (TPSA) is 12.0 Å². The summed E-state index contributed by atoms with van der Waals surface area (Å²) in [5, 5.41) is 3.77. The normalized spacial score (nSPS) is 17.8. The van der Waals surface area contributed by atoms with Crippen LogP contribution in [0.5, 0.6) is 0 Å². The van der Waals surface area contributed by atoms with Crippen LogP contribution < -0.4 is 5.32 Å². The van der Waals surface area contributed by atoms with Crippen LogP contribution in [0.2, 0.25) is 0 Å². The van der Waals surface area contributed by atoms with Gasteiger partial charge in [-0.3, -0.25) is 0 Å². The molecule has 0 saturated heterocycles. The van der Waals surface area contributed by atoms with Gasteiger partial charge in [0.1, 0.15) is 0 Å². The number of hydrogen-bond donors (Lipinski definition) is 1. The van der Waals surface area contributed by atoms with E-state index in [4.69, 9.17) is 0 Å². The molecule has 0 spiro atoms. The number of hydrogen-bond acceptors (Lipinski definition) is 1. The lowest BCUT2D eigenvalue weighted by Gasteiger charge is -2.15. The first-order valence-electron chi connectivity index (χ1n) is 8.67. The molecule has 0 aromatic carbocycles. The molecular formula is C17H35N. The first kappa shape index (κ1) is 16.0.